The number of carbonyl (C=O) groups excluding carboxylic acids is 1. The largest absolute Gasteiger partial charge is 0.397 e. The van der Waals surface area contributed by atoms with Crippen LogP contribution in [0.5, 0.6) is 0 Å². The van der Waals surface area contributed by atoms with Crippen LogP contribution in [-0.4, -0.2) is 30.7 Å². The van der Waals surface area contributed by atoms with Gasteiger partial charge < -0.3 is 21.1 Å². The van der Waals surface area contributed by atoms with Crippen LogP contribution in [0.3, 0.4) is 0 Å². The Morgan fingerprint density at radius 1 is 1.48 bits per heavy atom. The third-order valence-corrected chi connectivity index (χ3v) is 3.71. The number of amides is 1. The highest BCUT2D eigenvalue weighted by Crippen LogP contribution is 2.28. The van der Waals surface area contributed by atoms with Gasteiger partial charge in [0.15, 0.2) is 0 Å². The predicted molar refractivity (Wildman–Crippen MR) is 85.5 cm³/mol. The molecule has 5 nitrogen and oxygen atoms in total. The lowest BCUT2D eigenvalue weighted by molar-refractivity contribution is -0.0553. The van der Waals surface area contributed by atoms with Crippen LogP contribution in [0.25, 0.3) is 0 Å². The highest BCUT2D eigenvalue weighted by Gasteiger charge is 2.29. The summed E-state index contributed by atoms with van der Waals surface area (Å²) in [6.07, 6.45) is 1.85. The second-order valence-electron chi connectivity index (χ2n) is 6.10. The first-order chi connectivity index (χ1) is 9.91. The van der Waals surface area contributed by atoms with Crippen LogP contribution in [0.2, 0.25) is 0 Å². The summed E-state index contributed by atoms with van der Waals surface area (Å²) in [4.78, 5) is 11.9. The zero-order valence-electron chi connectivity index (χ0n) is 13.0. The van der Waals surface area contributed by atoms with Crippen molar-refractivity contribution in [3.8, 4) is 0 Å². The van der Waals surface area contributed by atoms with E-state index < -0.39 is 0 Å². The SMILES string of the molecule is CCNC(=O)c1ccc(N)c(NC2CCOC(C)(C)C2)c1. The van der Waals surface area contributed by atoms with E-state index in [-0.39, 0.29) is 11.5 Å². The topological polar surface area (TPSA) is 76.4 Å². The van der Waals surface area contributed by atoms with Gasteiger partial charge in [-0.15, -0.1) is 0 Å². The zero-order chi connectivity index (χ0) is 15.5. The van der Waals surface area contributed by atoms with Crippen molar-refractivity contribution in [1.82, 2.24) is 5.32 Å². The van der Waals surface area contributed by atoms with Gasteiger partial charge >= 0.3 is 0 Å². The number of ether oxygens (including phenoxy) is 1. The van der Waals surface area contributed by atoms with Crippen LogP contribution < -0.4 is 16.4 Å². The van der Waals surface area contributed by atoms with Gasteiger partial charge in [0.25, 0.3) is 5.91 Å². The number of anilines is 2. The molecule has 1 aromatic rings. The molecule has 1 aliphatic rings. The fraction of sp³-hybridized carbons (Fsp3) is 0.562. The number of nitrogen functional groups attached to an aromatic ring is 1. The second kappa shape index (κ2) is 6.35. The van der Waals surface area contributed by atoms with Crippen molar-refractivity contribution in [3.05, 3.63) is 23.8 Å². The quantitative estimate of drug-likeness (QED) is 0.744. The van der Waals surface area contributed by atoms with Crippen molar-refractivity contribution < 1.29 is 9.53 Å². The first-order valence-corrected chi connectivity index (χ1v) is 7.49. The first kappa shape index (κ1) is 15.6. The first-order valence-electron chi connectivity index (χ1n) is 7.49. The number of carbonyl (C=O) groups is 1. The molecule has 0 saturated carbocycles. The molecule has 21 heavy (non-hydrogen) atoms. The summed E-state index contributed by atoms with van der Waals surface area (Å²) in [6, 6.07) is 5.65. The van der Waals surface area contributed by atoms with E-state index in [2.05, 4.69) is 24.5 Å². The molecule has 0 aromatic heterocycles. The maximum atomic E-state index is 11.9. The van der Waals surface area contributed by atoms with Gasteiger partial charge in [0.2, 0.25) is 0 Å². The monoisotopic (exact) mass is 291 g/mol. The van der Waals surface area contributed by atoms with Gasteiger partial charge in [-0.1, -0.05) is 0 Å². The predicted octanol–water partition coefficient (Wildman–Crippen LogP) is 2.39. The molecule has 0 bridgehead atoms. The van der Waals surface area contributed by atoms with Gasteiger partial charge in [0.1, 0.15) is 0 Å². The van der Waals surface area contributed by atoms with Gasteiger partial charge in [-0.05, 0) is 51.8 Å². The minimum atomic E-state index is -0.123. The van der Waals surface area contributed by atoms with Gasteiger partial charge in [-0.3, -0.25) is 4.79 Å². The molecule has 0 radical (unpaired) electrons. The maximum absolute atomic E-state index is 11.9. The van der Waals surface area contributed by atoms with E-state index in [0.29, 0.717) is 23.8 Å². The molecule has 1 unspecified atom stereocenters. The Hall–Kier alpha value is -1.75. The van der Waals surface area contributed by atoms with Crippen molar-refractivity contribution in [2.45, 2.75) is 45.3 Å². The minimum absolute atomic E-state index is 0.0761. The van der Waals surface area contributed by atoms with E-state index in [4.69, 9.17) is 10.5 Å². The Kier molecular flexibility index (Phi) is 4.73. The number of hydrogen-bond acceptors (Lipinski definition) is 4. The molecule has 1 saturated heterocycles. The summed E-state index contributed by atoms with van der Waals surface area (Å²) < 4.78 is 5.72. The van der Waals surface area contributed by atoms with Crippen LogP contribution in [0.1, 0.15) is 44.0 Å². The average Bonchev–Trinajstić information content (AvgIpc) is 2.40. The molecule has 1 fully saturated rings. The van der Waals surface area contributed by atoms with Gasteiger partial charge in [0.05, 0.1) is 17.0 Å². The van der Waals surface area contributed by atoms with Gasteiger partial charge in [-0.25, -0.2) is 0 Å². The lowest BCUT2D eigenvalue weighted by Crippen LogP contribution is -2.40. The van der Waals surface area contributed by atoms with Crippen molar-refractivity contribution >= 4 is 17.3 Å². The minimum Gasteiger partial charge on any atom is -0.397 e. The molecule has 2 rings (SSSR count). The van der Waals surface area contributed by atoms with Crippen molar-refractivity contribution in [2.75, 3.05) is 24.2 Å². The third kappa shape index (κ3) is 4.11. The lowest BCUT2D eigenvalue weighted by atomic mass is 9.93. The third-order valence-electron chi connectivity index (χ3n) is 3.71. The molecule has 1 aromatic carbocycles. The summed E-state index contributed by atoms with van der Waals surface area (Å²) in [6.45, 7) is 7.43. The van der Waals surface area contributed by atoms with Crippen molar-refractivity contribution in [3.63, 3.8) is 0 Å². The molecule has 1 aliphatic heterocycles. The molecule has 1 atom stereocenters. The Labute approximate surface area is 126 Å². The van der Waals surface area contributed by atoms with Gasteiger partial charge in [0, 0.05) is 24.8 Å². The number of hydrogen-bond donors (Lipinski definition) is 3. The smallest absolute Gasteiger partial charge is 0.251 e. The normalized spacial score (nSPS) is 20.8. The van der Waals surface area contributed by atoms with Crippen molar-refractivity contribution in [2.24, 2.45) is 0 Å². The lowest BCUT2D eigenvalue weighted by Gasteiger charge is -2.36. The second-order valence-corrected chi connectivity index (χ2v) is 6.10. The van der Waals surface area contributed by atoms with E-state index in [1.807, 2.05) is 13.0 Å². The number of rotatable bonds is 4. The summed E-state index contributed by atoms with van der Waals surface area (Å²) in [5.41, 5.74) is 8.00. The summed E-state index contributed by atoms with van der Waals surface area (Å²) in [7, 11) is 0. The summed E-state index contributed by atoms with van der Waals surface area (Å²) in [5.74, 6) is -0.0761. The molecular weight excluding hydrogens is 266 g/mol. The fourth-order valence-electron chi connectivity index (χ4n) is 2.66. The van der Waals surface area contributed by atoms with Crippen LogP contribution in [0, 0.1) is 0 Å². The zero-order valence-corrected chi connectivity index (χ0v) is 13.0. The van der Waals surface area contributed by atoms with E-state index in [1.165, 1.54) is 0 Å². The molecule has 116 valence electrons. The Morgan fingerprint density at radius 2 is 2.24 bits per heavy atom. The van der Waals surface area contributed by atoms with E-state index >= 15 is 0 Å². The fourth-order valence-corrected chi connectivity index (χ4v) is 2.66. The summed E-state index contributed by atoms with van der Waals surface area (Å²) in [5, 5.41) is 6.25. The Morgan fingerprint density at radius 3 is 2.90 bits per heavy atom. The van der Waals surface area contributed by atoms with E-state index in [1.54, 1.807) is 12.1 Å². The number of benzene rings is 1. The molecular formula is C16H25N3O2. The average molecular weight is 291 g/mol. The van der Waals surface area contributed by atoms with Crippen LogP contribution in [0.15, 0.2) is 18.2 Å². The molecule has 1 heterocycles. The molecule has 1 amide bonds. The van der Waals surface area contributed by atoms with Crippen molar-refractivity contribution in [1.29, 1.82) is 0 Å². The maximum Gasteiger partial charge on any atom is 0.251 e. The van der Waals surface area contributed by atoms with Crippen LogP contribution in [0.4, 0.5) is 11.4 Å². The Bertz CT molecular complexity index is 514. The van der Waals surface area contributed by atoms with Gasteiger partial charge in [-0.2, -0.15) is 0 Å². The van der Waals surface area contributed by atoms with E-state index in [0.717, 1.165) is 25.1 Å². The highest BCUT2D eigenvalue weighted by atomic mass is 16.5. The van der Waals surface area contributed by atoms with Crippen LogP contribution >= 0.6 is 0 Å². The molecule has 0 aliphatic carbocycles. The van der Waals surface area contributed by atoms with E-state index in [9.17, 15) is 4.79 Å². The standard InChI is InChI=1S/C16H25N3O2/c1-4-18-15(20)11-5-6-13(17)14(9-11)19-12-7-8-21-16(2,3)10-12/h5-6,9,12,19H,4,7-8,10,17H2,1-3H3,(H,18,20). The molecule has 0 spiro atoms. The number of nitrogens with two attached hydrogens (primary N) is 1. The Balaban J connectivity index is 2.12. The molecule has 4 N–H and O–H groups in total. The molecule has 5 heteroatoms. The number of nitrogens with one attached hydrogen (secondary N) is 2. The summed E-state index contributed by atoms with van der Waals surface area (Å²) >= 11 is 0. The highest BCUT2D eigenvalue weighted by molar-refractivity contribution is 5.96. The van der Waals surface area contributed by atoms with Crippen LogP contribution in [-0.2, 0) is 4.74 Å².